The van der Waals surface area contributed by atoms with E-state index in [1.165, 1.54) is 17.7 Å². The molecular weight excluding hydrogens is 431 g/mol. The number of halogens is 1. The lowest BCUT2D eigenvalue weighted by Gasteiger charge is -2.41. The van der Waals surface area contributed by atoms with E-state index in [2.05, 4.69) is 19.2 Å². The van der Waals surface area contributed by atoms with Gasteiger partial charge in [-0.1, -0.05) is 38.1 Å². The molecule has 3 aromatic carbocycles. The Morgan fingerprint density at radius 1 is 1.00 bits per heavy atom. The van der Waals surface area contributed by atoms with Crippen LogP contribution in [0.25, 0.3) is 0 Å². The predicted octanol–water partition coefficient (Wildman–Crippen LogP) is 6.08. The van der Waals surface area contributed by atoms with Gasteiger partial charge in [-0.05, 0) is 72.0 Å². The molecule has 0 aliphatic carbocycles. The topological polar surface area (TPSA) is 58.6 Å². The summed E-state index contributed by atoms with van der Waals surface area (Å²) in [6, 6.07) is 20.4. The fourth-order valence-corrected chi connectivity index (χ4v) is 4.44. The van der Waals surface area contributed by atoms with Gasteiger partial charge in [0.15, 0.2) is 0 Å². The smallest absolute Gasteiger partial charge is 0.229 e. The van der Waals surface area contributed by atoms with Crippen LogP contribution in [0.5, 0.6) is 5.75 Å². The van der Waals surface area contributed by atoms with E-state index in [0.29, 0.717) is 35.0 Å². The molecule has 2 atom stereocenters. The molecule has 2 amide bonds. The van der Waals surface area contributed by atoms with E-state index in [0.717, 1.165) is 0 Å². The first kappa shape index (κ1) is 23.5. The van der Waals surface area contributed by atoms with Crippen molar-refractivity contribution in [1.29, 1.82) is 0 Å². The Balaban J connectivity index is 1.68. The first-order valence-electron chi connectivity index (χ1n) is 11.5. The number of carbonyl (C=O) groups excluding carboxylic acids is 2. The quantitative estimate of drug-likeness (QED) is 0.485. The maximum atomic E-state index is 13.7. The number of ether oxygens (including phenoxy) is 1. The highest BCUT2D eigenvalue weighted by atomic mass is 19.1. The molecule has 0 radical (unpaired) electrons. The van der Waals surface area contributed by atoms with E-state index in [1.807, 2.05) is 24.3 Å². The standard InChI is InChI=1S/C28H29FN2O3/c1-18(2)19-6-10-22(11-7-19)30-28(33)25-16-17-26(32)31(23-12-14-24(34-3)15-13-23)27(25)20-4-8-21(29)9-5-20/h4-15,18,25,27H,16-17H2,1-3H3,(H,30,33)/t25-,27+/m0/s1. The van der Waals surface area contributed by atoms with Crippen molar-refractivity contribution in [2.24, 2.45) is 5.92 Å². The van der Waals surface area contributed by atoms with Crippen LogP contribution in [0.1, 0.15) is 49.8 Å². The van der Waals surface area contributed by atoms with E-state index in [4.69, 9.17) is 4.74 Å². The van der Waals surface area contributed by atoms with E-state index >= 15 is 0 Å². The Bertz CT molecular complexity index is 1140. The number of amides is 2. The average molecular weight is 461 g/mol. The summed E-state index contributed by atoms with van der Waals surface area (Å²) >= 11 is 0. The molecule has 34 heavy (non-hydrogen) atoms. The third-order valence-electron chi connectivity index (χ3n) is 6.34. The second-order valence-corrected chi connectivity index (χ2v) is 8.87. The van der Waals surface area contributed by atoms with Gasteiger partial charge in [0.05, 0.1) is 19.1 Å². The van der Waals surface area contributed by atoms with Crippen molar-refractivity contribution in [2.75, 3.05) is 17.3 Å². The van der Waals surface area contributed by atoms with Gasteiger partial charge >= 0.3 is 0 Å². The summed E-state index contributed by atoms with van der Waals surface area (Å²) in [6.45, 7) is 4.24. The Hall–Kier alpha value is -3.67. The molecule has 4 rings (SSSR count). The number of hydrogen-bond donors (Lipinski definition) is 1. The van der Waals surface area contributed by atoms with Crippen molar-refractivity contribution < 1.29 is 18.7 Å². The Morgan fingerprint density at radius 2 is 1.65 bits per heavy atom. The minimum absolute atomic E-state index is 0.0789. The third-order valence-corrected chi connectivity index (χ3v) is 6.34. The molecule has 1 saturated heterocycles. The van der Waals surface area contributed by atoms with E-state index in [9.17, 15) is 14.0 Å². The number of methoxy groups -OCH3 is 1. The highest BCUT2D eigenvalue weighted by Crippen LogP contribution is 2.41. The van der Waals surface area contributed by atoms with Crippen LogP contribution in [0.3, 0.4) is 0 Å². The van der Waals surface area contributed by atoms with Crippen LogP contribution in [0.2, 0.25) is 0 Å². The molecule has 3 aromatic rings. The maximum Gasteiger partial charge on any atom is 0.229 e. The molecule has 0 spiro atoms. The normalized spacial score (nSPS) is 18.1. The van der Waals surface area contributed by atoms with Gasteiger partial charge in [0.1, 0.15) is 11.6 Å². The van der Waals surface area contributed by atoms with Crippen LogP contribution >= 0.6 is 0 Å². The van der Waals surface area contributed by atoms with Crippen LogP contribution in [-0.4, -0.2) is 18.9 Å². The molecule has 6 heteroatoms. The summed E-state index contributed by atoms with van der Waals surface area (Å²) in [5, 5.41) is 3.02. The molecule has 1 aliphatic rings. The fourth-order valence-electron chi connectivity index (χ4n) is 4.44. The zero-order chi connectivity index (χ0) is 24.2. The van der Waals surface area contributed by atoms with Crippen LogP contribution in [0, 0.1) is 11.7 Å². The SMILES string of the molecule is COc1ccc(N2C(=O)CC[C@H](C(=O)Nc3ccc(C(C)C)cc3)[C@H]2c2ccc(F)cc2)cc1. The van der Waals surface area contributed by atoms with Crippen molar-refractivity contribution in [1.82, 2.24) is 0 Å². The molecule has 1 heterocycles. The summed E-state index contributed by atoms with van der Waals surface area (Å²) in [6.07, 6.45) is 0.650. The predicted molar refractivity (Wildman–Crippen MR) is 132 cm³/mol. The number of rotatable bonds is 6. The highest BCUT2D eigenvalue weighted by Gasteiger charge is 2.41. The van der Waals surface area contributed by atoms with Gasteiger partial charge < -0.3 is 15.0 Å². The van der Waals surface area contributed by atoms with Gasteiger partial charge in [0.2, 0.25) is 11.8 Å². The van der Waals surface area contributed by atoms with Crippen LogP contribution in [0.4, 0.5) is 15.8 Å². The summed E-state index contributed by atoms with van der Waals surface area (Å²) in [4.78, 5) is 28.2. The molecule has 176 valence electrons. The molecule has 1 N–H and O–H groups in total. The summed E-state index contributed by atoms with van der Waals surface area (Å²) in [5.41, 5.74) is 3.27. The lowest BCUT2D eigenvalue weighted by atomic mass is 9.83. The molecule has 1 fully saturated rings. The van der Waals surface area contributed by atoms with Gasteiger partial charge in [0.25, 0.3) is 0 Å². The zero-order valence-corrected chi connectivity index (χ0v) is 19.6. The highest BCUT2D eigenvalue weighted by molar-refractivity contribution is 6.00. The molecule has 1 aliphatic heterocycles. The summed E-state index contributed by atoms with van der Waals surface area (Å²) in [5.74, 6) is -0.0497. The fraction of sp³-hybridized carbons (Fsp3) is 0.286. The van der Waals surface area contributed by atoms with Gasteiger partial charge in [-0.15, -0.1) is 0 Å². The van der Waals surface area contributed by atoms with Crippen molar-refractivity contribution in [3.05, 3.63) is 89.7 Å². The first-order chi connectivity index (χ1) is 16.4. The number of carbonyl (C=O) groups is 2. The van der Waals surface area contributed by atoms with E-state index < -0.39 is 12.0 Å². The molecular formula is C28H29FN2O3. The largest absolute Gasteiger partial charge is 0.497 e. The number of anilines is 2. The van der Waals surface area contributed by atoms with Crippen molar-refractivity contribution >= 4 is 23.2 Å². The number of hydrogen-bond acceptors (Lipinski definition) is 3. The Kier molecular flexibility index (Phi) is 6.96. The van der Waals surface area contributed by atoms with Crippen molar-refractivity contribution in [2.45, 2.75) is 38.6 Å². The minimum atomic E-state index is -0.565. The third kappa shape index (κ3) is 4.96. The summed E-state index contributed by atoms with van der Waals surface area (Å²) < 4.78 is 18.9. The van der Waals surface area contributed by atoms with Crippen LogP contribution < -0.4 is 15.0 Å². The lowest BCUT2D eigenvalue weighted by Crippen LogP contribution is -2.47. The van der Waals surface area contributed by atoms with Gasteiger partial charge in [-0.2, -0.15) is 0 Å². The van der Waals surface area contributed by atoms with Crippen LogP contribution in [0.15, 0.2) is 72.8 Å². The average Bonchev–Trinajstić information content (AvgIpc) is 2.84. The second-order valence-electron chi connectivity index (χ2n) is 8.87. The first-order valence-corrected chi connectivity index (χ1v) is 11.5. The number of nitrogens with zero attached hydrogens (tertiary/aromatic N) is 1. The van der Waals surface area contributed by atoms with Gasteiger partial charge in [0, 0.05) is 17.8 Å². The minimum Gasteiger partial charge on any atom is -0.497 e. The molecule has 0 aromatic heterocycles. The molecule has 5 nitrogen and oxygen atoms in total. The van der Waals surface area contributed by atoms with Crippen molar-refractivity contribution in [3.8, 4) is 5.75 Å². The maximum absolute atomic E-state index is 13.7. The Labute approximate surface area is 199 Å². The number of nitrogens with one attached hydrogen (secondary N) is 1. The number of piperidine rings is 1. The van der Waals surface area contributed by atoms with E-state index in [-0.39, 0.29) is 24.1 Å². The summed E-state index contributed by atoms with van der Waals surface area (Å²) in [7, 11) is 1.58. The van der Waals surface area contributed by atoms with E-state index in [1.54, 1.807) is 48.4 Å². The zero-order valence-electron chi connectivity index (χ0n) is 19.6. The van der Waals surface area contributed by atoms with Crippen LogP contribution in [-0.2, 0) is 9.59 Å². The molecule has 0 bridgehead atoms. The molecule has 0 saturated carbocycles. The van der Waals surface area contributed by atoms with Gasteiger partial charge in [-0.3, -0.25) is 9.59 Å². The Morgan fingerprint density at radius 3 is 2.24 bits per heavy atom. The number of benzene rings is 3. The second kappa shape index (κ2) is 10.1. The monoisotopic (exact) mass is 460 g/mol. The van der Waals surface area contributed by atoms with Gasteiger partial charge in [-0.25, -0.2) is 4.39 Å². The van der Waals surface area contributed by atoms with Crippen molar-refractivity contribution in [3.63, 3.8) is 0 Å². The molecule has 0 unspecified atom stereocenters. The lowest BCUT2D eigenvalue weighted by molar-refractivity contribution is -0.125.